The van der Waals surface area contributed by atoms with Crippen LogP contribution in [0.5, 0.6) is 5.75 Å². The van der Waals surface area contributed by atoms with E-state index in [1.807, 2.05) is 30.3 Å². The van der Waals surface area contributed by atoms with E-state index in [2.05, 4.69) is 4.98 Å². The highest BCUT2D eigenvalue weighted by molar-refractivity contribution is 5.82. The highest BCUT2D eigenvalue weighted by atomic mass is 19.1. The van der Waals surface area contributed by atoms with Gasteiger partial charge in [-0.1, -0.05) is 6.07 Å². The molecule has 0 spiro atoms. The van der Waals surface area contributed by atoms with Crippen molar-refractivity contribution in [3.8, 4) is 17.0 Å². The lowest BCUT2D eigenvalue weighted by molar-refractivity contribution is 0.415. The molecule has 0 unspecified atom stereocenters. The summed E-state index contributed by atoms with van der Waals surface area (Å²) >= 11 is 0. The number of fused-ring (bicyclic) bond motifs is 1. The minimum absolute atomic E-state index is 0.241. The number of hydrogen-bond donors (Lipinski definition) is 0. The molecule has 3 heteroatoms. The van der Waals surface area contributed by atoms with Gasteiger partial charge in [0.2, 0.25) is 0 Å². The standard InChI is InChI=1S/C16H12FNO/c1-19-14-7-9-16-12(10-14)4-8-15(18-16)11-2-5-13(17)6-3-11/h2-10H,1H3. The molecule has 0 saturated heterocycles. The summed E-state index contributed by atoms with van der Waals surface area (Å²) in [6, 6.07) is 16.0. The molecule has 0 fully saturated rings. The minimum Gasteiger partial charge on any atom is -0.497 e. The molecule has 0 aliphatic rings. The topological polar surface area (TPSA) is 22.1 Å². The zero-order chi connectivity index (χ0) is 13.2. The second-order valence-corrected chi connectivity index (χ2v) is 4.26. The molecule has 0 amide bonds. The zero-order valence-corrected chi connectivity index (χ0v) is 10.4. The lowest BCUT2D eigenvalue weighted by Gasteiger charge is -2.05. The van der Waals surface area contributed by atoms with E-state index >= 15 is 0 Å². The van der Waals surface area contributed by atoms with E-state index < -0.39 is 0 Å². The Bertz CT molecular complexity index is 722. The molecule has 19 heavy (non-hydrogen) atoms. The molecule has 94 valence electrons. The van der Waals surface area contributed by atoms with E-state index in [4.69, 9.17) is 4.74 Å². The van der Waals surface area contributed by atoms with Crippen LogP contribution in [0, 0.1) is 5.82 Å². The summed E-state index contributed by atoms with van der Waals surface area (Å²) in [6.07, 6.45) is 0. The summed E-state index contributed by atoms with van der Waals surface area (Å²) in [5.74, 6) is 0.568. The Morgan fingerprint density at radius 3 is 2.47 bits per heavy atom. The number of ether oxygens (including phenoxy) is 1. The van der Waals surface area contributed by atoms with Crippen LogP contribution >= 0.6 is 0 Å². The number of hydrogen-bond acceptors (Lipinski definition) is 2. The second-order valence-electron chi connectivity index (χ2n) is 4.26. The molecule has 0 radical (unpaired) electrons. The second kappa shape index (κ2) is 4.69. The third-order valence-corrected chi connectivity index (χ3v) is 3.04. The quantitative estimate of drug-likeness (QED) is 0.687. The Hall–Kier alpha value is -2.42. The van der Waals surface area contributed by atoms with Gasteiger partial charge >= 0.3 is 0 Å². The maximum Gasteiger partial charge on any atom is 0.123 e. The average Bonchev–Trinajstić information content (AvgIpc) is 2.47. The third kappa shape index (κ3) is 2.27. The molecule has 1 aromatic heterocycles. The maximum atomic E-state index is 12.9. The number of aromatic nitrogens is 1. The van der Waals surface area contributed by atoms with Gasteiger partial charge in [-0.3, -0.25) is 0 Å². The third-order valence-electron chi connectivity index (χ3n) is 3.04. The monoisotopic (exact) mass is 253 g/mol. The van der Waals surface area contributed by atoms with Crippen LogP contribution in [0.15, 0.2) is 54.6 Å². The number of methoxy groups -OCH3 is 1. The van der Waals surface area contributed by atoms with Crippen molar-refractivity contribution in [3.05, 3.63) is 60.4 Å². The summed E-state index contributed by atoms with van der Waals surface area (Å²) in [5.41, 5.74) is 2.62. The van der Waals surface area contributed by atoms with Crippen molar-refractivity contribution in [1.29, 1.82) is 0 Å². The molecular formula is C16H12FNO. The highest BCUT2D eigenvalue weighted by Gasteiger charge is 2.03. The normalized spacial score (nSPS) is 10.6. The molecule has 0 atom stereocenters. The van der Waals surface area contributed by atoms with Crippen LogP contribution in [0.25, 0.3) is 22.2 Å². The molecule has 3 rings (SSSR count). The van der Waals surface area contributed by atoms with Crippen molar-refractivity contribution >= 4 is 10.9 Å². The van der Waals surface area contributed by atoms with Gasteiger partial charge in [0.25, 0.3) is 0 Å². The van der Waals surface area contributed by atoms with Gasteiger partial charge in [-0.25, -0.2) is 9.37 Å². The number of pyridine rings is 1. The number of nitrogens with zero attached hydrogens (tertiary/aromatic N) is 1. The van der Waals surface area contributed by atoms with Gasteiger partial charge in [0.05, 0.1) is 18.3 Å². The molecule has 3 aromatic rings. The summed E-state index contributed by atoms with van der Waals surface area (Å²) in [7, 11) is 1.64. The van der Waals surface area contributed by atoms with Gasteiger partial charge in [-0.15, -0.1) is 0 Å². The van der Waals surface area contributed by atoms with Crippen molar-refractivity contribution in [3.63, 3.8) is 0 Å². The summed E-state index contributed by atoms with van der Waals surface area (Å²) in [6.45, 7) is 0. The molecule has 2 aromatic carbocycles. The Morgan fingerprint density at radius 1 is 0.947 bits per heavy atom. The number of rotatable bonds is 2. The predicted octanol–water partition coefficient (Wildman–Crippen LogP) is 4.05. The van der Waals surface area contributed by atoms with Gasteiger partial charge in [0.1, 0.15) is 11.6 Å². The highest BCUT2D eigenvalue weighted by Crippen LogP contribution is 2.24. The molecule has 0 bridgehead atoms. The van der Waals surface area contributed by atoms with Gasteiger partial charge in [-0.2, -0.15) is 0 Å². The lowest BCUT2D eigenvalue weighted by Crippen LogP contribution is -1.87. The summed E-state index contributed by atoms with van der Waals surface area (Å²) in [4.78, 5) is 4.57. The number of halogens is 1. The minimum atomic E-state index is -0.241. The van der Waals surface area contributed by atoms with Crippen LogP contribution in [-0.2, 0) is 0 Å². The van der Waals surface area contributed by atoms with Crippen molar-refractivity contribution in [2.75, 3.05) is 7.11 Å². The Balaban J connectivity index is 2.08. The van der Waals surface area contributed by atoms with Crippen molar-refractivity contribution in [2.24, 2.45) is 0 Å². The SMILES string of the molecule is COc1ccc2nc(-c3ccc(F)cc3)ccc2c1. The fourth-order valence-electron chi connectivity index (χ4n) is 2.01. The van der Waals surface area contributed by atoms with E-state index in [0.29, 0.717) is 0 Å². The fourth-order valence-corrected chi connectivity index (χ4v) is 2.01. The molecule has 0 saturated carbocycles. The van der Waals surface area contributed by atoms with Gasteiger partial charge in [-0.05, 0) is 48.5 Å². The van der Waals surface area contributed by atoms with Gasteiger partial charge in [0.15, 0.2) is 0 Å². The first kappa shape index (κ1) is 11.7. The molecule has 0 aliphatic heterocycles. The van der Waals surface area contributed by atoms with Crippen LogP contribution in [0.2, 0.25) is 0 Å². The molecule has 1 heterocycles. The fraction of sp³-hybridized carbons (Fsp3) is 0.0625. The first-order valence-corrected chi connectivity index (χ1v) is 5.97. The Kier molecular flexibility index (Phi) is 2.88. The van der Waals surface area contributed by atoms with Crippen LogP contribution in [0.1, 0.15) is 0 Å². The van der Waals surface area contributed by atoms with Gasteiger partial charge in [0, 0.05) is 10.9 Å². The van der Waals surface area contributed by atoms with Crippen molar-refractivity contribution < 1.29 is 9.13 Å². The van der Waals surface area contributed by atoms with Crippen molar-refractivity contribution in [2.45, 2.75) is 0 Å². The molecule has 0 N–H and O–H groups in total. The summed E-state index contributed by atoms with van der Waals surface area (Å²) < 4.78 is 18.1. The van der Waals surface area contributed by atoms with Crippen LogP contribution in [0.4, 0.5) is 4.39 Å². The average molecular weight is 253 g/mol. The largest absolute Gasteiger partial charge is 0.497 e. The first-order chi connectivity index (χ1) is 9.26. The van der Waals surface area contributed by atoms with E-state index in [1.165, 1.54) is 12.1 Å². The first-order valence-electron chi connectivity index (χ1n) is 5.97. The van der Waals surface area contributed by atoms with Crippen molar-refractivity contribution in [1.82, 2.24) is 4.98 Å². The van der Waals surface area contributed by atoms with Gasteiger partial charge < -0.3 is 4.74 Å². The molecular weight excluding hydrogens is 241 g/mol. The zero-order valence-electron chi connectivity index (χ0n) is 10.4. The number of benzene rings is 2. The van der Waals surface area contributed by atoms with Crippen LogP contribution < -0.4 is 4.74 Å². The van der Waals surface area contributed by atoms with Crippen LogP contribution in [0.3, 0.4) is 0 Å². The van der Waals surface area contributed by atoms with E-state index in [9.17, 15) is 4.39 Å². The predicted molar refractivity (Wildman–Crippen MR) is 73.7 cm³/mol. The summed E-state index contributed by atoms with van der Waals surface area (Å²) in [5, 5.41) is 1.02. The van der Waals surface area contributed by atoms with E-state index in [1.54, 1.807) is 19.2 Å². The maximum absolute atomic E-state index is 12.9. The van der Waals surface area contributed by atoms with E-state index in [0.717, 1.165) is 27.9 Å². The molecule has 2 nitrogen and oxygen atoms in total. The lowest BCUT2D eigenvalue weighted by atomic mass is 10.1. The van der Waals surface area contributed by atoms with E-state index in [-0.39, 0.29) is 5.82 Å². The molecule has 0 aliphatic carbocycles. The Labute approximate surface area is 110 Å². The Morgan fingerprint density at radius 2 is 1.74 bits per heavy atom. The smallest absolute Gasteiger partial charge is 0.123 e. The van der Waals surface area contributed by atoms with Crippen LogP contribution in [-0.4, -0.2) is 12.1 Å².